The second kappa shape index (κ2) is 2.43. The lowest BCUT2D eigenvalue weighted by Gasteiger charge is -2.23. The number of likely N-dealkylation sites (tertiary alicyclic amines) is 1. The summed E-state index contributed by atoms with van der Waals surface area (Å²) < 4.78 is 12.4. The molecule has 1 fully saturated rings. The van der Waals surface area contributed by atoms with Crippen LogP contribution in [0.4, 0.5) is 4.39 Å². The quantitative estimate of drug-likeness (QED) is 0.469. The fourth-order valence-electron chi connectivity index (χ4n) is 0.924. The Hall–Kier alpha value is -0.440. The van der Waals surface area contributed by atoms with Crippen LogP contribution in [0.15, 0.2) is 0 Å². The van der Waals surface area contributed by atoms with Gasteiger partial charge in [0.2, 0.25) is 0 Å². The molecular formula is C6H10FNO. The zero-order valence-electron chi connectivity index (χ0n) is 5.43. The maximum Gasteiger partial charge on any atom is 0.171 e. The summed E-state index contributed by atoms with van der Waals surface area (Å²) in [7, 11) is 1.82. The van der Waals surface area contributed by atoms with Crippen molar-refractivity contribution in [1.82, 2.24) is 4.90 Å². The van der Waals surface area contributed by atoms with Crippen LogP contribution in [0.2, 0.25) is 0 Å². The highest BCUT2D eigenvalue weighted by atomic mass is 19.1. The van der Waals surface area contributed by atoms with Gasteiger partial charge in [0.15, 0.2) is 12.0 Å². The monoisotopic (exact) mass is 131 g/mol. The molecule has 0 amide bonds. The van der Waals surface area contributed by atoms with Gasteiger partial charge < -0.3 is 4.90 Å². The fourth-order valence-corrected chi connectivity index (χ4v) is 0.924. The standard InChI is InChI=1S/C6H10FNO/c1-8-3-2-6(9)5(7)4-8/h5H,2-4H2,1H3. The number of carbonyl (C=O) groups excluding carboxylic acids is 1. The van der Waals surface area contributed by atoms with E-state index in [0.717, 1.165) is 0 Å². The second-order valence-corrected chi connectivity index (χ2v) is 2.45. The molecule has 0 N–H and O–H groups in total. The highest BCUT2D eigenvalue weighted by Crippen LogP contribution is 2.06. The van der Waals surface area contributed by atoms with Gasteiger partial charge in [-0.25, -0.2) is 4.39 Å². The third-order valence-corrected chi connectivity index (χ3v) is 1.56. The number of alkyl halides is 1. The molecule has 1 atom stereocenters. The third kappa shape index (κ3) is 1.48. The first-order valence-corrected chi connectivity index (χ1v) is 3.05. The minimum atomic E-state index is -1.23. The van der Waals surface area contributed by atoms with Crippen LogP contribution in [0.5, 0.6) is 0 Å². The number of carbonyl (C=O) groups is 1. The van der Waals surface area contributed by atoms with E-state index in [1.807, 2.05) is 11.9 Å². The van der Waals surface area contributed by atoms with Crippen LogP contribution in [0.3, 0.4) is 0 Å². The van der Waals surface area contributed by atoms with Gasteiger partial charge in [0, 0.05) is 19.5 Å². The number of piperidine rings is 1. The van der Waals surface area contributed by atoms with E-state index in [0.29, 0.717) is 13.0 Å². The smallest absolute Gasteiger partial charge is 0.171 e. The Labute approximate surface area is 53.6 Å². The highest BCUT2D eigenvalue weighted by molar-refractivity contribution is 5.84. The van der Waals surface area contributed by atoms with Crippen LogP contribution < -0.4 is 0 Å². The molecule has 0 aromatic heterocycles. The summed E-state index contributed by atoms with van der Waals surface area (Å²) in [5, 5.41) is 0. The minimum Gasteiger partial charge on any atom is -0.303 e. The number of nitrogens with zero attached hydrogens (tertiary/aromatic N) is 1. The van der Waals surface area contributed by atoms with E-state index < -0.39 is 6.17 Å². The molecule has 2 nitrogen and oxygen atoms in total. The van der Waals surface area contributed by atoms with Crippen LogP contribution in [-0.4, -0.2) is 37.0 Å². The SMILES string of the molecule is CN1CCC(=O)C(F)C1. The van der Waals surface area contributed by atoms with E-state index in [1.54, 1.807) is 0 Å². The zero-order valence-corrected chi connectivity index (χ0v) is 5.43. The molecule has 0 aromatic carbocycles. The Kier molecular flexibility index (Phi) is 1.81. The number of Topliss-reactive ketones (excluding diaryl/α,β-unsaturated/α-hetero) is 1. The van der Waals surface area contributed by atoms with Crippen LogP contribution in [-0.2, 0) is 4.79 Å². The van der Waals surface area contributed by atoms with Crippen molar-refractivity contribution in [2.45, 2.75) is 12.6 Å². The molecular weight excluding hydrogens is 121 g/mol. The summed E-state index contributed by atoms with van der Waals surface area (Å²) in [5.74, 6) is -0.242. The molecule has 0 aromatic rings. The second-order valence-electron chi connectivity index (χ2n) is 2.45. The van der Waals surface area contributed by atoms with Gasteiger partial charge in [-0.3, -0.25) is 4.79 Å². The van der Waals surface area contributed by atoms with Crippen molar-refractivity contribution in [3.8, 4) is 0 Å². The predicted molar refractivity (Wildman–Crippen MR) is 32.0 cm³/mol. The van der Waals surface area contributed by atoms with E-state index in [4.69, 9.17) is 0 Å². The third-order valence-electron chi connectivity index (χ3n) is 1.56. The lowest BCUT2D eigenvalue weighted by atomic mass is 10.1. The molecule has 0 bridgehead atoms. The maximum atomic E-state index is 12.4. The average Bonchev–Trinajstić information content (AvgIpc) is 1.80. The van der Waals surface area contributed by atoms with Crippen molar-refractivity contribution < 1.29 is 9.18 Å². The summed E-state index contributed by atoms with van der Waals surface area (Å²) >= 11 is 0. The molecule has 0 aliphatic carbocycles. The number of hydrogen-bond acceptors (Lipinski definition) is 2. The molecule has 0 radical (unpaired) electrons. The van der Waals surface area contributed by atoms with Crippen molar-refractivity contribution in [2.24, 2.45) is 0 Å². The largest absolute Gasteiger partial charge is 0.303 e. The molecule has 1 rings (SSSR count). The summed E-state index contributed by atoms with van der Waals surface area (Å²) in [4.78, 5) is 12.4. The van der Waals surface area contributed by atoms with E-state index in [9.17, 15) is 9.18 Å². The molecule has 0 saturated carbocycles. The predicted octanol–water partition coefficient (Wildman–Crippen LogP) is 0.229. The van der Waals surface area contributed by atoms with Gasteiger partial charge in [-0.05, 0) is 7.05 Å². The first-order chi connectivity index (χ1) is 4.20. The first-order valence-electron chi connectivity index (χ1n) is 3.05. The topological polar surface area (TPSA) is 20.3 Å². The Morgan fingerprint density at radius 3 is 2.89 bits per heavy atom. The highest BCUT2D eigenvalue weighted by Gasteiger charge is 2.23. The lowest BCUT2D eigenvalue weighted by Crippen LogP contribution is -2.39. The Bertz CT molecular complexity index is 126. The zero-order chi connectivity index (χ0) is 6.85. The Morgan fingerprint density at radius 2 is 2.44 bits per heavy atom. The van der Waals surface area contributed by atoms with Crippen molar-refractivity contribution >= 4 is 5.78 Å². The molecule has 9 heavy (non-hydrogen) atoms. The molecule has 52 valence electrons. The molecule has 1 unspecified atom stereocenters. The van der Waals surface area contributed by atoms with E-state index >= 15 is 0 Å². The average molecular weight is 131 g/mol. The van der Waals surface area contributed by atoms with Gasteiger partial charge in [0.05, 0.1) is 0 Å². The molecule has 0 spiro atoms. The van der Waals surface area contributed by atoms with Gasteiger partial charge in [-0.1, -0.05) is 0 Å². The van der Waals surface area contributed by atoms with Crippen LogP contribution in [0.25, 0.3) is 0 Å². The van der Waals surface area contributed by atoms with Crippen LogP contribution in [0, 0.1) is 0 Å². The summed E-state index contributed by atoms with van der Waals surface area (Å²) in [5.41, 5.74) is 0. The maximum absolute atomic E-state index is 12.4. The van der Waals surface area contributed by atoms with Gasteiger partial charge in [0.25, 0.3) is 0 Å². The van der Waals surface area contributed by atoms with Crippen molar-refractivity contribution in [3.63, 3.8) is 0 Å². The molecule has 1 aliphatic heterocycles. The van der Waals surface area contributed by atoms with E-state index in [2.05, 4.69) is 0 Å². The molecule has 1 aliphatic rings. The van der Waals surface area contributed by atoms with E-state index in [1.165, 1.54) is 0 Å². The van der Waals surface area contributed by atoms with E-state index in [-0.39, 0.29) is 12.3 Å². The molecule has 1 heterocycles. The Morgan fingerprint density at radius 1 is 1.78 bits per heavy atom. The fraction of sp³-hybridized carbons (Fsp3) is 0.833. The van der Waals surface area contributed by atoms with Gasteiger partial charge in [0.1, 0.15) is 0 Å². The minimum absolute atomic E-state index is 0.242. The van der Waals surface area contributed by atoms with Gasteiger partial charge in [-0.15, -0.1) is 0 Å². The van der Waals surface area contributed by atoms with Crippen molar-refractivity contribution in [2.75, 3.05) is 20.1 Å². The molecule has 3 heteroatoms. The summed E-state index contributed by atoms with van der Waals surface area (Å²) in [6.07, 6.45) is -0.860. The number of ketones is 1. The van der Waals surface area contributed by atoms with Crippen molar-refractivity contribution in [3.05, 3.63) is 0 Å². The van der Waals surface area contributed by atoms with Crippen molar-refractivity contribution in [1.29, 1.82) is 0 Å². The van der Waals surface area contributed by atoms with Gasteiger partial charge >= 0.3 is 0 Å². The number of halogens is 1. The lowest BCUT2D eigenvalue weighted by molar-refractivity contribution is -0.126. The summed E-state index contributed by atoms with van der Waals surface area (Å²) in [6, 6.07) is 0. The number of rotatable bonds is 0. The molecule has 1 saturated heterocycles. The normalized spacial score (nSPS) is 30.9. The van der Waals surface area contributed by atoms with Gasteiger partial charge in [-0.2, -0.15) is 0 Å². The number of hydrogen-bond donors (Lipinski definition) is 0. The first kappa shape index (κ1) is 6.68. The van der Waals surface area contributed by atoms with Crippen LogP contribution >= 0.6 is 0 Å². The Balaban J connectivity index is 2.44. The summed E-state index contributed by atoms with van der Waals surface area (Å²) in [6.45, 7) is 0.984. The van der Waals surface area contributed by atoms with Crippen LogP contribution in [0.1, 0.15) is 6.42 Å².